The number of hydrogen-bond donors (Lipinski definition) is 2. The third kappa shape index (κ3) is 3.79. The van der Waals surface area contributed by atoms with E-state index in [0.717, 1.165) is 34.4 Å². The molecule has 0 bridgehead atoms. The van der Waals surface area contributed by atoms with Crippen LogP contribution in [0.5, 0.6) is 0 Å². The standard InChI is InChI=1S/C13H15BrClN3O/c1-19-5-4-16-7-9-8-17-18-13(9)11-3-2-10(14)6-12(11)15/h2-3,6,8,16H,4-5,7H2,1H3,(H,17,18). The molecule has 2 rings (SSSR count). The third-order valence-corrected chi connectivity index (χ3v) is 3.52. The van der Waals surface area contributed by atoms with Gasteiger partial charge in [0.05, 0.1) is 23.5 Å². The minimum Gasteiger partial charge on any atom is -0.383 e. The average molecular weight is 345 g/mol. The van der Waals surface area contributed by atoms with Crippen LogP contribution < -0.4 is 5.32 Å². The quantitative estimate of drug-likeness (QED) is 0.791. The molecule has 0 saturated heterocycles. The number of aromatic nitrogens is 2. The average Bonchev–Trinajstić information content (AvgIpc) is 2.83. The fourth-order valence-corrected chi connectivity index (χ4v) is 2.54. The molecule has 4 nitrogen and oxygen atoms in total. The van der Waals surface area contributed by atoms with Crippen molar-refractivity contribution in [3.8, 4) is 11.3 Å². The summed E-state index contributed by atoms with van der Waals surface area (Å²) in [5, 5.41) is 11.1. The molecule has 1 heterocycles. The van der Waals surface area contributed by atoms with Gasteiger partial charge in [-0.1, -0.05) is 33.6 Å². The SMILES string of the molecule is COCCNCc1cn[nH]c1-c1ccc(Br)cc1Cl. The zero-order valence-corrected chi connectivity index (χ0v) is 12.9. The van der Waals surface area contributed by atoms with E-state index < -0.39 is 0 Å². The first-order chi connectivity index (χ1) is 9.22. The van der Waals surface area contributed by atoms with Gasteiger partial charge in [-0.15, -0.1) is 0 Å². The van der Waals surface area contributed by atoms with E-state index in [1.807, 2.05) is 24.4 Å². The molecule has 1 aromatic carbocycles. The van der Waals surface area contributed by atoms with Gasteiger partial charge in [0.1, 0.15) is 0 Å². The second kappa shape index (κ2) is 7.05. The van der Waals surface area contributed by atoms with Gasteiger partial charge in [0.25, 0.3) is 0 Å². The van der Waals surface area contributed by atoms with Crippen LogP contribution in [0, 0.1) is 0 Å². The Morgan fingerprint density at radius 3 is 3.05 bits per heavy atom. The van der Waals surface area contributed by atoms with E-state index in [1.54, 1.807) is 7.11 Å². The van der Waals surface area contributed by atoms with Crippen molar-refractivity contribution in [2.75, 3.05) is 20.3 Å². The van der Waals surface area contributed by atoms with Crippen LogP contribution in [0.3, 0.4) is 0 Å². The predicted octanol–water partition coefficient (Wildman–Crippen LogP) is 3.23. The highest BCUT2D eigenvalue weighted by Crippen LogP contribution is 2.31. The second-order valence-corrected chi connectivity index (χ2v) is 5.39. The summed E-state index contributed by atoms with van der Waals surface area (Å²) in [7, 11) is 1.69. The van der Waals surface area contributed by atoms with Crippen LogP contribution in [0.2, 0.25) is 5.02 Å². The van der Waals surface area contributed by atoms with E-state index in [4.69, 9.17) is 16.3 Å². The molecule has 0 amide bonds. The Balaban J connectivity index is 2.14. The molecule has 102 valence electrons. The summed E-state index contributed by atoms with van der Waals surface area (Å²) in [6.07, 6.45) is 1.81. The molecule has 0 aliphatic heterocycles. The van der Waals surface area contributed by atoms with Crippen molar-refractivity contribution in [3.05, 3.63) is 39.5 Å². The van der Waals surface area contributed by atoms with E-state index in [2.05, 4.69) is 31.4 Å². The molecule has 0 atom stereocenters. The molecule has 0 aliphatic rings. The summed E-state index contributed by atoms with van der Waals surface area (Å²) < 4.78 is 5.95. The minimum absolute atomic E-state index is 0.687. The zero-order valence-electron chi connectivity index (χ0n) is 10.5. The lowest BCUT2D eigenvalue weighted by Gasteiger charge is -2.07. The highest BCUT2D eigenvalue weighted by molar-refractivity contribution is 9.10. The van der Waals surface area contributed by atoms with Crippen LogP contribution in [0.25, 0.3) is 11.3 Å². The molecule has 1 aromatic heterocycles. The number of methoxy groups -OCH3 is 1. The maximum Gasteiger partial charge on any atom is 0.0710 e. The Morgan fingerprint density at radius 1 is 1.47 bits per heavy atom. The van der Waals surface area contributed by atoms with E-state index in [0.29, 0.717) is 11.6 Å². The van der Waals surface area contributed by atoms with Crippen LogP contribution >= 0.6 is 27.5 Å². The van der Waals surface area contributed by atoms with Gasteiger partial charge in [0.15, 0.2) is 0 Å². The monoisotopic (exact) mass is 343 g/mol. The topological polar surface area (TPSA) is 49.9 Å². The largest absolute Gasteiger partial charge is 0.383 e. The van der Waals surface area contributed by atoms with Crippen LogP contribution in [-0.4, -0.2) is 30.5 Å². The predicted molar refractivity (Wildman–Crippen MR) is 80.3 cm³/mol. The molecule has 6 heteroatoms. The summed E-state index contributed by atoms with van der Waals surface area (Å²) in [6, 6.07) is 5.81. The lowest BCUT2D eigenvalue weighted by Crippen LogP contribution is -2.18. The van der Waals surface area contributed by atoms with Crippen LogP contribution in [0.4, 0.5) is 0 Å². The summed E-state index contributed by atoms with van der Waals surface area (Å²) in [6.45, 7) is 2.21. The van der Waals surface area contributed by atoms with Gasteiger partial charge in [0.2, 0.25) is 0 Å². The van der Waals surface area contributed by atoms with Crippen LogP contribution in [0.15, 0.2) is 28.9 Å². The first-order valence-electron chi connectivity index (χ1n) is 5.89. The number of rotatable bonds is 6. The molecule has 2 aromatic rings. The van der Waals surface area contributed by atoms with Crippen molar-refractivity contribution < 1.29 is 4.74 Å². The van der Waals surface area contributed by atoms with Crippen molar-refractivity contribution >= 4 is 27.5 Å². The van der Waals surface area contributed by atoms with Gasteiger partial charge in [0, 0.05) is 35.8 Å². The van der Waals surface area contributed by atoms with Crippen molar-refractivity contribution in [2.24, 2.45) is 0 Å². The number of halogens is 2. The number of H-pyrrole nitrogens is 1. The maximum atomic E-state index is 6.26. The molecular formula is C13H15BrClN3O. The lowest BCUT2D eigenvalue weighted by molar-refractivity contribution is 0.199. The fourth-order valence-electron chi connectivity index (χ4n) is 1.77. The molecule has 0 saturated carbocycles. The first kappa shape index (κ1) is 14.5. The number of nitrogens with zero attached hydrogens (tertiary/aromatic N) is 1. The van der Waals surface area contributed by atoms with E-state index in [9.17, 15) is 0 Å². The number of hydrogen-bond acceptors (Lipinski definition) is 3. The summed E-state index contributed by atoms with van der Waals surface area (Å²) in [5.74, 6) is 0. The highest BCUT2D eigenvalue weighted by atomic mass is 79.9. The molecular weight excluding hydrogens is 330 g/mol. The number of benzene rings is 1. The zero-order chi connectivity index (χ0) is 13.7. The smallest absolute Gasteiger partial charge is 0.0710 e. The van der Waals surface area contributed by atoms with Gasteiger partial charge in [-0.2, -0.15) is 5.10 Å². The van der Waals surface area contributed by atoms with Crippen molar-refractivity contribution in [2.45, 2.75) is 6.54 Å². The fraction of sp³-hybridized carbons (Fsp3) is 0.308. The van der Waals surface area contributed by atoms with E-state index >= 15 is 0 Å². The molecule has 0 radical (unpaired) electrons. The minimum atomic E-state index is 0.687. The maximum absolute atomic E-state index is 6.26. The van der Waals surface area contributed by atoms with Gasteiger partial charge >= 0.3 is 0 Å². The van der Waals surface area contributed by atoms with Crippen molar-refractivity contribution in [1.82, 2.24) is 15.5 Å². The van der Waals surface area contributed by atoms with Gasteiger partial charge in [-0.05, 0) is 12.1 Å². The normalized spacial score (nSPS) is 10.9. The van der Waals surface area contributed by atoms with Gasteiger partial charge in [-0.25, -0.2) is 0 Å². The van der Waals surface area contributed by atoms with Crippen molar-refractivity contribution in [3.63, 3.8) is 0 Å². The summed E-state index contributed by atoms with van der Waals surface area (Å²) in [4.78, 5) is 0. The van der Waals surface area contributed by atoms with Crippen LogP contribution in [-0.2, 0) is 11.3 Å². The lowest BCUT2D eigenvalue weighted by atomic mass is 10.1. The van der Waals surface area contributed by atoms with Gasteiger partial charge < -0.3 is 10.1 Å². The Kier molecular flexibility index (Phi) is 5.39. The number of ether oxygens (including phenoxy) is 1. The summed E-state index contributed by atoms with van der Waals surface area (Å²) in [5.41, 5.74) is 2.98. The second-order valence-electron chi connectivity index (χ2n) is 4.06. The molecule has 0 fully saturated rings. The van der Waals surface area contributed by atoms with Gasteiger partial charge in [-0.3, -0.25) is 5.10 Å². The van der Waals surface area contributed by atoms with Crippen molar-refractivity contribution in [1.29, 1.82) is 0 Å². The number of aromatic amines is 1. The van der Waals surface area contributed by atoms with E-state index in [-0.39, 0.29) is 0 Å². The first-order valence-corrected chi connectivity index (χ1v) is 7.07. The summed E-state index contributed by atoms with van der Waals surface area (Å²) >= 11 is 9.66. The molecule has 0 unspecified atom stereocenters. The van der Waals surface area contributed by atoms with E-state index in [1.165, 1.54) is 0 Å². The Bertz CT molecular complexity index is 544. The number of nitrogens with one attached hydrogen (secondary N) is 2. The molecule has 0 spiro atoms. The van der Waals surface area contributed by atoms with Crippen LogP contribution in [0.1, 0.15) is 5.56 Å². The Morgan fingerprint density at radius 2 is 2.32 bits per heavy atom. The highest BCUT2D eigenvalue weighted by Gasteiger charge is 2.11. The third-order valence-electron chi connectivity index (χ3n) is 2.72. The molecule has 19 heavy (non-hydrogen) atoms. The molecule has 0 aliphatic carbocycles. The Labute approximate surface area is 125 Å². The molecule has 2 N–H and O–H groups in total. The Hall–Kier alpha value is -0.880.